The summed E-state index contributed by atoms with van der Waals surface area (Å²) in [5.74, 6) is 1.66. The van der Waals surface area contributed by atoms with Crippen molar-refractivity contribution in [2.45, 2.75) is 52.1 Å². The summed E-state index contributed by atoms with van der Waals surface area (Å²) in [5, 5.41) is 17.1. The van der Waals surface area contributed by atoms with E-state index in [4.69, 9.17) is 4.98 Å². The maximum absolute atomic E-state index is 13.6. The Morgan fingerprint density at radius 2 is 2.00 bits per heavy atom. The normalized spacial score (nSPS) is 12.8. The molecule has 0 saturated heterocycles. The third-order valence-electron chi connectivity index (χ3n) is 5.48. The van der Waals surface area contributed by atoms with Crippen molar-refractivity contribution in [3.8, 4) is 0 Å². The summed E-state index contributed by atoms with van der Waals surface area (Å²) in [4.78, 5) is 18.4. The van der Waals surface area contributed by atoms with Gasteiger partial charge in [-0.15, -0.1) is 10.2 Å². The molecular formula is C23H29N7OS. The summed E-state index contributed by atoms with van der Waals surface area (Å²) in [5.41, 5.74) is 2.97. The van der Waals surface area contributed by atoms with E-state index in [1.54, 1.807) is 18.0 Å². The fourth-order valence-corrected chi connectivity index (χ4v) is 4.21. The second-order valence-corrected chi connectivity index (χ2v) is 9.45. The van der Waals surface area contributed by atoms with Gasteiger partial charge in [0.25, 0.3) is 5.91 Å². The Morgan fingerprint density at radius 1 is 1.19 bits per heavy atom. The number of aromatic nitrogens is 6. The van der Waals surface area contributed by atoms with E-state index in [1.807, 2.05) is 39.5 Å². The highest BCUT2D eigenvalue weighted by atomic mass is 32.2. The number of rotatable bonds is 8. The molecule has 0 aromatic carbocycles. The van der Waals surface area contributed by atoms with E-state index < -0.39 is 0 Å². The number of nitrogens with one attached hydrogen (secondary N) is 1. The molecular weight excluding hydrogens is 422 g/mol. The maximum Gasteiger partial charge on any atom is 0.252 e. The summed E-state index contributed by atoms with van der Waals surface area (Å²) < 4.78 is 3.80. The average Bonchev–Trinajstić information content (AvgIpc) is 3.40. The predicted octanol–water partition coefficient (Wildman–Crippen LogP) is 4.40. The molecule has 4 rings (SSSR count). The van der Waals surface area contributed by atoms with Gasteiger partial charge in [0.15, 0.2) is 17.1 Å². The summed E-state index contributed by atoms with van der Waals surface area (Å²) >= 11 is 1.74. The second-order valence-electron chi connectivity index (χ2n) is 8.46. The highest BCUT2D eigenvalue weighted by molar-refractivity contribution is 7.98. The molecule has 8 nitrogen and oxygen atoms in total. The van der Waals surface area contributed by atoms with Crippen molar-refractivity contribution in [2.24, 2.45) is 0 Å². The molecule has 0 saturated carbocycles. The van der Waals surface area contributed by atoms with E-state index in [9.17, 15) is 4.79 Å². The van der Waals surface area contributed by atoms with Crippen LogP contribution < -0.4 is 5.32 Å². The minimum atomic E-state index is -0.266. The van der Waals surface area contributed by atoms with Crippen molar-refractivity contribution < 1.29 is 4.79 Å². The molecule has 9 heteroatoms. The fourth-order valence-electron chi connectivity index (χ4n) is 3.73. The summed E-state index contributed by atoms with van der Waals surface area (Å²) in [6, 6.07) is 7.55. The third-order valence-corrected chi connectivity index (χ3v) is 6.12. The summed E-state index contributed by atoms with van der Waals surface area (Å²) in [7, 11) is 0. The molecule has 0 fully saturated rings. The van der Waals surface area contributed by atoms with Crippen molar-refractivity contribution in [3.05, 3.63) is 53.7 Å². The van der Waals surface area contributed by atoms with Crippen molar-refractivity contribution >= 4 is 34.3 Å². The van der Waals surface area contributed by atoms with Gasteiger partial charge in [0.2, 0.25) is 0 Å². The van der Waals surface area contributed by atoms with E-state index in [0.717, 1.165) is 40.4 Å². The lowest BCUT2D eigenvalue weighted by atomic mass is 10.0. The number of thioether (sulfide) groups is 1. The van der Waals surface area contributed by atoms with Crippen LogP contribution in [-0.4, -0.2) is 47.3 Å². The topological polar surface area (TPSA) is 90.0 Å². The summed E-state index contributed by atoms with van der Waals surface area (Å²) in [6.07, 6.45) is 6.48. The van der Waals surface area contributed by atoms with Crippen LogP contribution >= 0.6 is 11.8 Å². The van der Waals surface area contributed by atoms with Crippen LogP contribution in [0.1, 0.15) is 74.0 Å². The number of hydrogen-bond acceptors (Lipinski definition) is 6. The van der Waals surface area contributed by atoms with Crippen LogP contribution in [0.4, 0.5) is 0 Å². The number of hydrogen-bond donors (Lipinski definition) is 1. The van der Waals surface area contributed by atoms with Crippen molar-refractivity contribution in [1.82, 2.24) is 34.7 Å². The van der Waals surface area contributed by atoms with Gasteiger partial charge in [0, 0.05) is 17.9 Å². The fraction of sp³-hybridized carbons (Fsp3) is 0.435. The smallest absolute Gasteiger partial charge is 0.252 e. The Bertz CT molecular complexity index is 1240. The van der Waals surface area contributed by atoms with Crippen LogP contribution in [0.25, 0.3) is 16.7 Å². The molecule has 32 heavy (non-hydrogen) atoms. The first-order valence-electron chi connectivity index (χ1n) is 10.9. The standard InChI is InChI=1S/C23H29N7OS/c1-14(2)19-12-16(17-13-24-30(15(3)4)21(17)25-19)23(31)26-18(9-11-32-5)22-28-27-20-8-6-7-10-29(20)22/h6-8,10,12-15,18H,9,11H2,1-5H3,(H,26,31). The molecule has 4 heterocycles. The molecule has 0 aliphatic carbocycles. The Morgan fingerprint density at radius 3 is 2.72 bits per heavy atom. The van der Waals surface area contributed by atoms with Crippen molar-refractivity contribution in [1.29, 1.82) is 0 Å². The minimum Gasteiger partial charge on any atom is -0.342 e. The SMILES string of the molecule is CSCCC(NC(=O)c1cc(C(C)C)nc2c1cnn2C(C)C)c1nnc2ccccn12. The van der Waals surface area contributed by atoms with Gasteiger partial charge in [-0.1, -0.05) is 19.9 Å². The molecule has 4 aromatic heterocycles. The van der Waals surface area contributed by atoms with Crippen molar-refractivity contribution in [2.75, 3.05) is 12.0 Å². The van der Waals surface area contributed by atoms with E-state index in [0.29, 0.717) is 5.56 Å². The Balaban J connectivity index is 1.75. The van der Waals surface area contributed by atoms with Gasteiger partial charge in [-0.2, -0.15) is 16.9 Å². The number of nitrogens with zero attached hydrogens (tertiary/aromatic N) is 6. The van der Waals surface area contributed by atoms with Crippen molar-refractivity contribution in [3.63, 3.8) is 0 Å². The van der Waals surface area contributed by atoms with E-state index in [-0.39, 0.29) is 23.9 Å². The van der Waals surface area contributed by atoms with Gasteiger partial charge in [-0.25, -0.2) is 9.67 Å². The monoisotopic (exact) mass is 451 g/mol. The molecule has 0 spiro atoms. The third kappa shape index (κ3) is 4.21. The first-order chi connectivity index (χ1) is 15.4. The van der Waals surface area contributed by atoms with Crippen LogP contribution in [0.2, 0.25) is 0 Å². The van der Waals surface area contributed by atoms with Gasteiger partial charge in [0.1, 0.15) is 0 Å². The van der Waals surface area contributed by atoms with E-state index >= 15 is 0 Å². The molecule has 1 N–H and O–H groups in total. The maximum atomic E-state index is 13.6. The van der Waals surface area contributed by atoms with E-state index in [2.05, 4.69) is 54.6 Å². The molecule has 4 aromatic rings. The minimum absolute atomic E-state index is 0.148. The van der Waals surface area contributed by atoms with Gasteiger partial charge >= 0.3 is 0 Å². The molecule has 0 radical (unpaired) electrons. The Hall–Kier alpha value is -2.94. The van der Waals surface area contributed by atoms with Gasteiger partial charge < -0.3 is 5.32 Å². The van der Waals surface area contributed by atoms with Gasteiger partial charge in [0.05, 0.1) is 23.2 Å². The lowest BCUT2D eigenvalue weighted by molar-refractivity contribution is 0.0935. The molecule has 1 amide bonds. The number of amides is 1. The predicted molar refractivity (Wildman–Crippen MR) is 128 cm³/mol. The first kappa shape index (κ1) is 22.3. The number of carbonyl (C=O) groups is 1. The quantitative estimate of drug-likeness (QED) is 0.427. The van der Waals surface area contributed by atoms with E-state index in [1.165, 1.54) is 0 Å². The number of carbonyl (C=O) groups excluding carboxylic acids is 1. The van der Waals surface area contributed by atoms with Gasteiger partial charge in [-0.05, 0) is 56.4 Å². The molecule has 1 atom stereocenters. The molecule has 0 bridgehead atoms. The van der Waals surface area contributed by atoms with Gasteiger partial charge in [-0.3, -0.25) is 9.20 Å². The van der Waals surface area contributed by atoms with Crippen LogP contribution in [0.5, 0.6) is 0 Å². The van der Waals surface area contributed by atoms with Crippen LogP contribution in [-0.2, 0) is 0 Å². The highest BCUT2D eigenvalue weighted by Gasteiger charge is 2.24. The largest absolute Gasteiger partial charge is 0.342 e. The molecule has 168 valence electrons. The number of pyridine rings is 2. The average molecular weight is 452 g/mol. The zero-order valence-electron chi connectivity index (χ0n) is 19.1. The zero-order chi connectivity index (χ0) is 22.8. The highest BCUT2D eigenvalue weighted by Crippen LogP contribution is 2.26. The number of fused-ring (bicyclic) bond motifs is 2. The second kappa shape index (κ2) is 9.28. The van der Waals surface area contributed by atoms with Crippen LogP contribution in [0, 0.1) is 0 Å². The molecule has 0 aliphatic rings. The zero-order valence-corrected chi connectivity index (χ0v) is 19.9. The Labute approximate surface area is 191 Å². The molecule has 1 unspecified atom stereocenters. The lowest BCUT2D eigenvalue weighted by Crippen LogP contribution is -2.30. The Kier molecular flexibility index (Phi) is 6.45. The molecule has 0 aliphatic heterocycles. The lowest BCUT2D eigenvalue weighted by Gasteiger charge is -2.18. The first-order valence-corrected chi connectivity index (χ1v) is 12.3. The van der Waals surface area contributed by atoms with Crippen LogP contribution in [0.3, 0.4) is 0 Å². The van der Waals surface area contributed by atoms with Crippen LogP contribution in [0.15, 0.2) is 36.7 Å². The summed E-state index contributed by atoms with van der Waals surface area (Å²) in [6.45, 7) is 8.28.